The van der Waals surface area contributed by atoms with Crippen molar-refractivity contribution in [3.05, 3.63) is 89.5 Å². The van der Waals surface area contributed by atoms with Crippen molar-refractivity contribution in [2.24, 2.45) is 0 Å². The summed E-state index contributed by atoms with van der Waals surface area (Å²) in [6.07, 6.45) is 2.04. The van der Waals surface area contributed by atoms with Crippen molar-refractivity contribution in [2.75, 3.05) is 57.9 Å². The second-order valence-corrected chi connectivity index (χ2v) is 12.0. The van der Waals surface area contributed by atoms with Crippen LogP contribution in [0, 0.1) is 0 Å². The number of amides is 2. The summed E-state index contributed by atoms with van der Waals surface area (Å²) in [5.41, 5.74) is 3.76. The van der Waals surface area contributed by atoms with E-state index >= 15 is 0 Å². The average Bonchev–Trinajstić information content (AvgIpc) is 3.61. The molecule has 3 heterocycles. The lowest BCUT2D eigenvalue weighted by Gasteiger charge is -2.38. The van der Waals surface area contributed by atoms with E-state index in [1.807, 2.05) is 60.7 Å². The summed E-state index contributed by atoms with van der Waals surface area (Å²) < 4.78 is 29.3. The molecular weight excluding hydrogens is 586 g/mol. The number of likely N-dealkylation sites (tertiary alicyclic amines) is 1. The molecule has 2 saturated heterocycles. The van der Waals surface area contributed by atoms with Crippen LogP contribution in [0.25, 0.3) is 0 Å². The SMILES string of the molecule is COCCCN1C(=O)COc2ccc(COC3CN(C(=O)OCc4ccccc4)CCC3c3ccc(O[C@H]4CCNC4)cc3)cc21. The van der Waals surface area contributed by atoms with E-state index in [0.29, 0.717) is 38.6 Å². The van der Waals surface area contributed by atoms with Gasteiger partial charge in [0.1, 0.15) is 24.2 Å². The summed E-state index contributed by atoms with van der Waals surface area (Å²) >= 11 is 0. The van der Waals surface area contributed by atoms with Crippen molar-refractivity contribution in [3.63, 3.8) is 0 Å². The van der Waals surface area contributed by atoms with Gasteiger partial charge in [-0.1, -0.05) is 48.5 Å². The molecule has 244 valence electrons. The number of hydrogen-bond donors (Lipinski definition) is 1. The highest BCUT2D eigenvalue weighted by Gasteiger charge is 2.34. The Kier molecular flexibility index (Phi) is 10.7. The summed E-state index contributed by atoms with van der Waals surface area (Å²) in [6.45, 7) is 4.50. The monoisotopic (exact) mass is 629 g/mol. The van der Waals surface area contributed by atoms with Crippen molar-refractivity contribution >= 4 is 17.7 Å². The Labute approximate surface area is 270 Å². The second-order valence-electron chi connectivity index (χ2n) is 12.0. The standard InChI is InChI=1S/C36H43N3O7/c1-42-19-5-17-39-32-20-27(8-13-33(32)44-25-35(39)40)24-43-34-22-38(36(41)45-23-26-6-3-2-4-7-26)18-15-31(34)28-9-11-29(12-10-28)46-30-14-16-37-21-30/h2-4,6-13,20,30-31,34,37H,5,14-19,21-25H2,1H3/t30-,31?,34?/m0/s1. The predicted octanol–water partition coefficient (Wildman–Crippen LogP) is 4.90. The Hall–Kier alpha value is -4.12. The van der Waals surface area contributed by atoms with E-state index in [-0.39, 0.29) is 43.3 Å². The lowest BCUT2D eigenvalue weighted by atomic mass is 9.87. The number of ether oxygens (including phenoxy) is 5. The quantitative estimate of drug-likeness (QED) is 0.283. The molecule has 3 aliphatic rings. The van der Waals surface area contributed by atoms with Gasteiger partial charge in [0, 0.05) is 39.3 Å². The molecule has 2 unspecified atom stereocenters. The van der Waals surface area contributed by atoms with Crippen LogP contribution in [-0.2, 0) is 32.2 Å². The lowest BCUT2D eigenvalue weighted by molar-refractivity contribution is -0.121. The maximum atomic E-state index is 13.1. The maximum absolute atomic E-state index is 13.1. The van der Waals surface area contributed by atoms with E-state index in [1.54, 1.807) is 16.9 Å². The van der Waals surface area contributed by atoms with E-state index < -0.39 is 0 Å². The number of nitrogens with one attached hydrogen (secondary N) is 1. The van der Waals surface area contributed by atoms with Crippen LogP contribution in [0.2, 0.25) is 0 Å². The Bertz CT molecular complexity index is 1450. The van der Waals surface area contributed by atoms with Crippen LogP contribution >= 0.6 is 0 Å². The van der Waals surface area contributed by atoms with Crippen LogP contribution in [0.1, 0.15) is 41.9 Å². The number of piperidine rings is 1. The predicted molar refractivity (Wildman–Crippen MR) is 173 cm³/mol. The molecule has 10 nitrogen and oxygen atoms in total. The van der Waals surface area contributed by atoms with Crippen molar-refractivity contribution in [1.82, 2.24) is 10.2 Å². The van der Waals surface area contributed by atoms with E-state index in [0.717, 1.165) is 60.5 Å². The molecule has 3 atom stereocenters. The van der Waals surface area contributed by atoms with Gasteiger partial charge in [0.2, 0.25) is 0 Å². The van der Waals surface area contributed by atoms with Gasteiger partial charge in [0.15, 0.2) is 6.61 Å². The van der Waals surface area contributed by atoms with Crippen LogP contribution in [0.15, 0.2) is 72.8 Å². The van der Waals surface area contributed by atoms with Crippen LogP contribution in [0.5, 0.6) is 11.5 Å². The highest BCUT2D eigenvalue weighted by Crippen LogP contribution is 2.35. The van der Waals surface area contributed by atoms with Gasteiger partial charge >= 0.3 is 6.09 Å². The number of nitrogens with zero attached hydrogens (tertiary/aromatic N) is 2. The third kappa shape index (κ3) is 7.99. The normalized spacial score (nSPS) is 21.1. The molecule has 10 heteroatoms. The van der Waals surface area contributed by atoms with Crippen molar-refractivity contribution in [3.8, 4) is 11.5 Å². The molecule has 2 fully saturated rings. The minimum absolute atomic E-state index is 0.0250. The molecule has 0 radical (unpaired) electrons. The summed E-state index contributed by atoms with van der Waals surface area (Å²) in [6, 6.07) is 23.8. The zero-order valence-electron chi connectivity index (χ0n) is 26.4. The Morgan fingerprint density at radius 2 is 1.85 bits per heavy atom. The zero-order valence-corrected chi connectivity index (χ0v) is 26.4. The van der Waals surface area contributed by atoms with Crippen molar-refractivity contribution in [2.45, 2.75) is 50.6 Å². The number of benzene rings is 3. The molecular formula is C36H43N3O7. The van der Waals surface area contributed by atoms with Crippen LogP contribution in [-0.4, -0.2) is 82.2 Å². The van der Waals surface area contributed by atoms with Crippen LogP contribution < -0.4 is 19.7 Å². The third-order valence-electron chi connectivity index (χ3n) is 8.81. The first-order valence-corrected chi connectivity index (χ1v) is 16.2. The maximum Gasteiger partial charge on any atom is 0.410 e. The van der Waals surface area contributed by atoms with Gasteiger partial charge in [-0.05, 0) is 66.8 Å². The molecule has 1 N–H and O–H groups in total. The summed E-state index contributed by atoms with van der Waals surface area (Å²) in [5, 5.41) is 3.34. The Balaban J connectivity index is 1.16. The lowest BCUT2D eigenvalue weighted by Crippen LogP contribution is -2.47. The Morgan fingerprint density at radius 1 is 1.00 bits per heavy atom. The summed E-state index contributed by atoms with van der Waals surface area (Å²) in [4.78, 5) is 29.4. The van der Waals surface area contributed by atoms with Crippen LogP contribution in [0.3, 0.4) is 0 Å². The number of carbonyl (C=O) groups excluding carboxylic acids is 2. The molecule has 0 aliphatic carbocycles. The fourth-order valence-electron chi connectivity index (χ4n) is 6.31. The van der Waals surface area contributed by atoms with Gasteiger partial charge in [-0.15, -0.1) is 0 Å². The van der Waals surface area contributed by atoms with Gasteiger partial charge in [0.25, 0.3) is 5.91 Å². The third-order valence-corrected chi connectivity index (χ3v) is 8.81. The summed E-state index contributed by atoms with van der Waals surface area (Å²) in [5.74, 6) is 1.54. The van der Waals surface area contributed by atoms with E-state index in [1.165, 1.54) is 0 Å². The number of rotatable bonds is 12. The van der Waals surface area contributed by atoms with Crippen LogP contribution in [0.4, 0.5) is 10.5 Å². The first kappa shape index (κ1) is 31.8. The molecule has 46 heavy (non-hydrogen) atoms. The number of methoxy groups -OCH3 is 1. The number of hydrogen-bond acceptors (Lipinski definition) is 8. The van der Waals surface area contributed by atoms with Crippen molar-refractivity contribution < 1.29 is 33.3 Å². The number of fused-ring (bicyclic) bond motifs is 1. The average molecular weight is 630 g/mol. The smallest absolute Gasteiger partial charge is 0.410 e. The second kappa shape index (κ2) is 15.4. The summed E-state index contributed by atoms with van der Waals surface area (Å²) in [7, 11) is 1.66. The molecule has 2 amide bonds. The van der Waals surface area contributed by atoms with Crippen molar-refractivity contribution in [1.29, 1.82) is 0 Å². The topological polar surface area (TPSA) is 98.8 Å². The van der Waals surface area contributed by atoms with Gasteiger partial charge in [-0.3, -0.25) is 4.79 Å². The van der Waals surface area contributed by atoms with E-state index in [9.17, 15) is 9.59 Å². The molecule has 0 bridgehead atoms. The highest BCUT2D eigenvalue weighted by atomic mass is 16.6. The molecule has 0 spiro atoms. The van der Waals surface area contributed by atoms with Gasteiger partial charge < -0.3 is 38.8 Å². The molecule has 3 aliphatic heterocycles. The number of carbonyl (C=O) groups is 2. The number of anilines is 1. The van der Waals surface area contributed by atoms with Gasteiger partial charge in [0.05, 0.1) is 24.9 Å². The first-order valence-electron chi connectivity index (χ1n) is 16.2. The van der Waals surface area contributed by atoms with E-state index in [4.69, 9.17) is 23.7 Å². The van der Waals surface area contributed by atoms with E-state index in [2.05, 4.69) is 17.4 Å². The minimum Gasteiger partial charge on any atom is -0.489 e. The molecule has 0 aromatic heterocycles. The minimum atomic E-state index is -0.346. The molecule has 3 aromatic carbocycles. The fourth-order valence-corrected chi connectivity index (χ4v) is 6.31. The highest BCUT2D eigenvalue weighted by molar-refractivity contribution is 5.97. The first-order chi connectivity index (χ1) is 22.6. The molecule has 0 saturated carbocycles. The zero-order chi connectivity index (χ0) is 31.7. The molecule has 6 rings (SSSR count). The Morgan fingerprint density at radius 3 is 2.63 bits per heavy atom. The molecule has 3 aromatic rings. The van der Waals surface area contributed by atoms with Gasteiger partial charge in [-0.2, -0.15) is 0 Å². The fraction of sp³-hybridized carbons (Fsp3) is 0.444. The largest absolute Gasteiger partial charge is 0.489 e. The van der Waals surface area contributed by atoms with Gasteiger partial charge in [-0.25, -0.2) is 4.79 Å².